The number of hydrogen-bond donors (Lipinski definition) is 2. The van der Waals surface area contributed by atoms with E-state index < -0.39 is 0 Å². The van der Waals surface area contributed by atoms with Crippen LogP contribution in [0.15, 0.2) is 71.5 Å². The quantitative estimate of drug-likeness (QED) is 0.351. The van der Waals surface area contributed by atoms with Crippen molar-refractivity contribution in [3.8, 4) is 5.75 Å². The van der Waals surface area contributed by atoms with Crippen LogP contribution in [0, 0.1) is 19.7 Å². The van der Waals surface area contributed by atoms with Gasteiger partial charge in [0, 0.05) is 28.7 Å². The number of benzene rings is 3. The number of anilines is 1. The minimum Gasteiger partial charge on any atom is -0.497 e. The van der Waals surface area contributed by atoms with Gasteiger partial charge >= 0.3 is 0 Å². The van der Waals surface area contributed by atoms with Crippen molar-refractivity contribution in [2.24, 2.45) is 0 Å². The van der Waals surface area contributed by atoms with Gasteiger partial charge in [-0.1, -0.05) is 29.8 Å². The Bertz CT molecular complexity index is 1400. The molecule has 0 aliphatic carbocycles. The second-order valence-corrected chi connectivity index (χ2v) is 8.69. The predicted octanol–water partition coefficient (Wildman–Crippen LogP) is 5.69. The average molecular weight is 476 g/mol. The molecule has 0 aliphatic rings. The van der Waals surface area contributed by atoms with Crippen molar-refractivity contribution in [3.63, 3.8) is 0 Å². The van der Waals surface area contributed by atoms with Crippen molar-refractivity contribution in [2.45, 2.75) is 26.9 Å². The zero-order chi connectivity index (χ0) is 24.2. The number of ether oxygens (including phenoxy) is 1. The fraction of sp³-hybridized carbons (Fsp3) is 0.185. The third-order valence-electron chi connectivity index (χ3n) is 5.69. The van der Waals surface area contributed by atoms with Crippen molar-refractivity contribution in [3.05, 3.63) is 105 Å². The average Bonchev–Trinajstić information content (AvgIpc) is 2.81. The number of H-pyrrole nitrogens is 1. The molecule has 4 aromatic rings. The van der Waals surface area contributed by atoms with Gasteiger partial charge in [-0.3, -0.25) is 4.79 Å². The number of hydrogen-bond acceptors (Lipinski definition) is 3. The molecular formula is C27H26FN3O2S. The highest BCUT2D eigenvalue weighted by molar-refractivity contribution is 7.80. The molecule has 0 bridgehead atoms. The normalized spacial score (nSPS) is 10.8. The minimum atomic E-state index is -0.300. The van der Waals surface area contributed by atoms with Crippen molar-refractivity contribution >= 4 is 33.9 Å². The van der Waals surface area contributed by atoms with Gasteiger partial charge in [0.25, 0.3) is 5.56 Å². The molecule has 0 unspecified atom stereocenters. The lowest BCUT2D eigenvalue weighted by molar-refractivity contribution is 0.410. The molecule has 34 heavy (non-hydrogen) atoms. The van der Waals surface area contributed by atoms with Gasteiger partial charge in [0.2, 0.25) is 0 Å². The van der Waals surface area contributed by atoms with Crippen LogP contribution in [0.2, 0.25) is 0 Å². The van der Waals surface area contributed by atoms with Gasteiger partial charge in [0.05, 0.1) is 13.7 Å². The van der Waals surface area contributed by atoms with E-state index >= 15 is 0 Å². The summed E-state index contributed by atoms with van der Waals surface area (Å²) in [5, 5.41) is 4.65. The Morgan fingerprint density at radius 3 is 2.50 bits per heavy atom. The van der Waals surface area contributed by atoms with E-state index in [9.17, 15) is 9.18 Å². The first-order valence-electron chi connectivity index (χ1n) is 10.9. The summed E-state index contributed by atoms with van der Waals surface area (Å²) in [7, 11) is 1.61. The smallest absolute Gasteiger partial charge is 0.253 e. The fourth-order valence-electron chi connectivity index (χ4n) is 3.84. The Morgan fingerprint density at radius 1 is 1.03 bits per heavy atom. The number of aromatic nitrogens is 1. The first kappa shape index (κ1) is 23.4. The van der Waals surface area contributed by atoms with Crippen molar-refractivity contribution in [2.75, 3.05) is 12.4 Å². The van der Waals surface area contributed by atoms with E-state index in [0.29, 0.717) is 23.0 Å². The standard InChI is InChI=1S/C27H26FN3O2S/c1-17-4-10-24(18(2)12-17)30-27(34)31(15-19-5-7-22(28)8-6-19)16-21-13-20-14-23(33-3)9-11-25(20)29-26(21)32/h4-14H,15-16H2,1-3H3,(H,29,32)(H,30,34). The number of halogens is 1. The molecule has 1 heterocycles. The maximum absolute atomic E-state index is 13.4. The van der Waals surface area contributed by atoms with Gasteiger partial charge in [-0.15, -0.1) is 0 Å². The third-order valence-corrected chi connectivity index (χ3v) is 6.05. The van der Waals surface area contributed by atoms with E-state index in [2.05, 4.69) is 16.4 Å². The molecule has 4 rings (SSSR count). The maximum atomic E-state index is 13.4. The van der Waals surface area contributed by atoms with Crippen LogP contribution in [-0.4, -0.2) is 22.1 Å². The van der Waals surface area contributed by atoms with Crippen LogP contribution in [-0.2, 0) is 13.1 Å². The lowest BCUT2D eigenvalue weighted by Gasteiger charge is -2.26. The minimum absolute atomic E-state index is 0.184. The zero-order valence-corrected chi connectivity index (χ0v) is 20.1. The molecule has 0 fully saturated rings. The van der Waals surface area contributed by atoms with Gasteiger partial charge in [-0.25, -0.2) is 4.39 Å². The molecule has 7 heteroatoms. The highest BCUT2D eigenvalue weighted by atomic mass is 32.1. The molecule has 0 aliphatic heterocycles. The molecule has 0 radical (unpaired) electrons. The molecule has 174 valence electrons. The van der Waals surface area contributed by atoms with Crippen LogP contribution in [0.1, 0.15) is 22.3 Å². The second-order valence-electron chi connectivity index (χ2n) is 8.31. The number of nitrogens with zero attached hydrogens (tertiary/aromatic N) is 1. The summed E-state index contributed by atoms with van der Waals surface area (Å²) < 4.78 is 18.8. The lowest BCUT2D eigenvalue weighted by atomic mass is 10.1. The van der Waals surface area contributed by atoms with Crippen molar-refractivity contribution in [1.82, 2.24) is 9.88 Å². The topological polar surface area (TPSA) is 57.4 Å². The summed E-state index contributed by atoms with van der Waals surface area (Å²) in [5.41, 5.74) is 5.12. The number of rotatable bonds is 6. The van der Waals surface area contributed by atoms with Gasteiger partial charge in [0.1, 0.15) is 11.6 Å². The molecule has 0 saturated heterocycles. The van der Waals surface area contributed by atoms with Crippen LogP contribution in [0.25, 0.3) is 10.9 Å². The lowest BCUT2D eigenvalue weighted by Crippen LogP contribution is -2.35. The molecule has 0 saturated carbocycles. The van der Waals surface area contributed by atoms with E-state index in [1.165, 1.54) is 12.1 Å². The Labute approximate surface area is 203 Å². The number of thiocarbonyl (C=S) groups is 1. The fourth-order valence-corrected chi connectivity index (χ4v) is 4.08. The van der Waals surface area contributed by atoms with Crippen LogP contribution in [0.4, 0.5) is 10.1 Å². The number of fused-ring (bicyclic) bond motifs is 1. The van der Waals surface area contributed by atoms with Crippen LogP contribution in [0.5, 0.6) is 5.75 Å². The number of nitrogens with one attached hydrogen (secondary N) is 2. The molecule has 1 aromatic heterocycles. The van der Waals surface area contributed by atoms with Crippen LogP contribution in [0.3, 0.4) is 0 Å². The van der Waals surface area contributed by atoms with E-state index in [-0.39, 0.29) is 17.9 Å². The highest BCUT2D eigenvalue weighted by Crippen LogP contribution is 2.21. The Morgan fingerprint density at radius 2 is 1.79 bits per heavy atom. The second kappa shape index (κ2) is 10.1. The third kappa shape index (κ3) is 5.43. The van der Waals surface area contributed by atoms with E-state index in [1.807, 2.05) is 55.1 Å². The summed E-state index contributed by atoms with van der Waals surface area (Å²) in [5.74, 6) is 0.409. The maximum Gasteiger partial charge on any atom is 0.253 e. The van der Waals surface area contributed by atoms with Crippen molar-refractivity contribution in [1.29, 1.82) is 0 Å². The number of aromatic amines is 1. The summed E-state index contributed by atoms with van der Waals surface area (Å²) in [6.07, 6.45) is 0. The molecule has 3 aromatic carbocycles. The largest absolute Gasteiger partial charge is 0.497 e. The monoisotopic (exact) mass is 475 g/mol. The van der Waals surface area contributed by atoms with Crippen molar-refractivity contribution < 1.29 is 9.13 Å². The van der Waals surface area contributed by atoms with Gasteiger partial charge in [-0.05, 0) is 79.7 Å². The van der Waals surface area contributed by atoms with Crippen LogP contribution >= 0.6 is 12.2 Å². The molecule has 0 atom stereocenters. The summed E-state index contributed by atoms with van der Waals surface area (Å²) in [6, 6.07) is 19.7. The molecule has 0 amide bonds. The number of pyridine rings is 1. The highest BCUT2D eigenvalue weighted by Gasteiger charge is 2.15. The van der Waals surface area contributed by atoms with E-state index in [0.717, 1.165) is 33.3 Å². The zero-order valence-electron chi connectivity index (χ0n) is 19.3. The number of aryl methyl sites for hydroxylation is 2. The van der Waals surface area contributed by atoms with Gasteiger partial charge in [0.15, 0.2) is 5.11 Å². The molecule has 0 spiro atoms. The molecular weight excluding hydrogens is 449 g/mol. The summed E-state index contributed by atoms with van der Waals surface area (Å²) in [6.45, 7) is 4.74. The molecule has 2 N–H and O–H groups in total. The Balaban J connectivity index is 1.67. The van der Waals surface area contributed by atoms with Gasteiger partial charge < -0.3 is 19.9 Å². The summed E-state index contributed by atoms with van der Waals surface area (Å²) in [4.78, 5) is 17.7. The van der Waals surface area contributed by atoms with E-state index in [1.54, 1.807) is 19.2 Å². The van der Waals surface area contributed by atoms with E-state index in [4.69, 9.17) is 17.0 Å². The number of methoxy groups -OCH3 is 1. The first-order valence-corrected chi connectivity index (χ1v) is 11.3. The van der Waals surface area contributed by atoms with Crippen LogP contribution < -0.4 is 15.6 Å². The Kier molecular flexibility index (Phi) is 6.93. The first-order chi connectivity index (χ1) is 16.3. The Hall–Kier alpha value is -3.71. The summed E-state index contributed by atoms with van der Waals surface area (Å²) >= 11 is 5.76. The molecule has 5 nitrogen and oxygen atoms in total. The predicted molar refractivity (Wildman–Crippen MR) is 139 cm³/mol. The van der Waals surface area contributed by atoms with Gasteiger partial charge in [-0.2, -0.15) is 0 Å². The SMILES string of the molecule is COc1ccc2[nH]c(=O)c(CN(Cc3ccc(F)cc3)C(=S)Nc3ccc(C)cc3C)cc2c1.